The van der Waals surface area contributed by atoms with E-state index in [1.165, 1.54) is 0 Å². The first kappa shape index (κ1) is 17.0. The number of benzene rings is 3. The second-order valence-corrected chi connectivity index (χ2v) is 7.55. The Hall–Kier alpha value is -3.11. The van der Waals surface area contributed by atoms with Crippen LogP contribution in [0.4, 0.5) is 5.69 Å². The van der Waals surface area contributed by atoms with Gasteiger partial charge in [-0.05, 0) is 60.9 Å². The van der Waals surface area contributed by atoms with Gasteiger partial charge in [-0.15, -0.1) is 0 Å². The van der Waals surface area contributed by atoms with Crippen LogP contribution in [0.3, 0.4) is 0 Å². The second-order valence-electron chi connectivity index (χ2n) is 7.14. The number of amides is 1. The summed E-state index contributed by atoms with van der Waals surface area (Å²) in [6.45, 7) is 4.49. The summed E-state index contributed by atoms with van der Waals surface area (Å²) in [7, 11) is 0. The highest BCUT2D eigenvalue weighted by molar-refractivity contribution is 6.31. The summed E-state index contributed by atoms with van der Waals surface area (Å²) in [6.07, 6.45) is 0. The Morgan fingerprint density at radius 2 is 1.86 bits per heavy atom. The van der Waals surface area contributed by atoms with Crippen molar-refractivity contribution in [2.75, 3.05) is 4.90 Å². The predicted octanol–water partition coefficient (Wildman–Crippen LogP) is 5.93. The van der Waals surface area contributed by atoms with Crippen LogP contribution in [0.2, 0.25) is 5.02 Å². The number of hydrogen-bond donors (Lipinski definition) is 0. The molecule has 0 saturated heterocycles. The molecule has 5 heteroatoms. The molecular weight excluding hydrogens is 372 g/mol. The average molecular weight is 389 g/mol. The summed E-state index contributed by atoms with van der Waals surface area (Å²) in [5, 5.41) is 0.678. The van der Waals surface area contributed by atoms with Crippen LogP contribution in [0, 0.1) is 13.8 Å². The molecule has 3 aromatic carbocycles. The van der Waals surface area contributed by atoms with E-state index in [1.54, 1.807) is 4.90 Å². The first-order valence-corrected chi connectivity index (χ1v) is 9.46. The van der Waals surface area contributed by atoms with E-state index in [-0.39, 0.29) is 5.91 Å². The Labute approximate surface area is 167 Å². The fourth-order valence-electron chi connectivity index (χ4n) is 3.65. The highest BCUT2D eigenvalue weighted by atomic mass is 35.5. The third-order valence-corrected chi connectivity index (χ3v) is 5.62. The van der Waals surface area contributed by atoms with Crippen molar-refractivity contribution in [3.63, 3.8) is 0 Å². The van der Waals surface area contributed by atoms with Crippen molar-refractivity contribution < 1.29 is 9.21 Å². The van der Waals surface area contributed by atoms with Crippen LogP contribution >= 0.6 is 11.6 Å². The fraction of sp³-hybridized carbons (Fsp3) is 0.130. The topological polar surface area (TPSA) is 46.3 Å². The molecule has 0 saturated carbocycles. The molecule has 1 amide bonds. The van der Waals surface area contributed by atoms with Crippen LogP contribution in [0.25, 0.3) is 22.6 Å². The number of carbonyl (C=O) groups excluding carboxylic acids is 1. The van der Waals surface area contributed by atoms with Gasteiger partial charge in [0.1, 0.15) is 5.52 Å². The van der Waals surface area contributed by atoms with Gasteiger partial charge >= 0.3 is 0 Å². The van der Waals surface area contributed by atoms with Crippen molar-refractivity contribution in [3.05, 3.63) is 81.9 Å². The van der Waals surface area contributed by atoms with E-state index in [1.807, 2.05) is 68.4 Å². The molecule has 28 heavy (non-hydrogen) atoms. The van der Waals surface area contributed by atoms with Gasteiger partial charge in [0, 0.05) is 21.8 Å². The zero-order valence-corrected chi connectivity index (χ0v) is 16.2. The summed E-state index contributed by atoms with van der Waals surface area (Å²) in [6, 6.07) is 17.4. The second kappa shape index (κ2) is 6.21. The number of aryl methyl sites for hydroxylation is 2. The molecule has 0 radical (unpaired) electrons. The molecule has 4 nitrogen and oxygen atoms in total. The van der Waals surface area contributed by atoms with Crippen LogP contribution in [-0.4, -0.2) is 10.9 Å². The number of fused-ring (bicyclic) bond motifs is 2. The number of rotatable bonds is 2. The number of aromatic nitrogens is 1. The number of anilines is 1. The standard InChI is InChI=1S/C23H17ClN2O2/c1-13-7-8-15(10-19(13)24)22-25-20-11-17(9-14(2)21(20)28-22)26-12-16-5-3-4-6-18(16)23(26)27/h3-11H,12H2,1-2H3. The van der Waals surface area contributed by atoms with Gasteiger partial charge in [0.15, 0.2) is 5.58 Å². The Balaban J connectivity index is 1.58. The molecule has 138 valence electrons. The summed E-state index contributed by atoms with van der Waals surface area (Å²) in [4.78, 5) is 19.3. The third-order valence-electron chi connectivity index (χ3n) is 5.21. The molecule has 1 aliphatic rings. The first-order valence-electron chi connectivity index (χ1n) is 9.09. The zero-order valence-electron chi connectivity index (χ0n) is 15.5. The molecule has 1 aliphatic heterocycles. The number of oxazole rings is 1. The van der Waals surface area contributed by atoms with Crippen molar-refractivity contribution in [3.8, 4) is 11.5 Å². The first-order chi connectivity index (χ1) is 13.5. The Morgan fingerprint density at radius 3 is 2.64 bits per heavy atom. The van der Waals surface area contributed by atoms with E-state index in [0.29, 0.717) is 17.5 Å². The minimum Gasteiger partial charge on any atom is -0.436 e. The average Bonchev–Trinajstić information content (AvgIpc) is 3.26. The molecule has 4 aromatic rings. The van der Waals surface area contributed by atoms with Crippen LogP contribution in [0.5, 0.6) is 0 Å². The van der Waals surface area contributed by atoms with Gasteiger partial charge < -0.3 is 9.32 Å². The van der Waals surface area contributed by atoms with Crippen molar-refractivity contribution in [1.82, 2.24) is 4.98 Å². The lowest BCUT2D eigenvalue weighted by Gasteiger charge is -2.16. The lowest BCUT2D eigenvalue weighted by molar-refractivity contribution is 0.0996. The lowest BCUT2D eigenvalue weighted by Crippen LogP contribution is -2.23. The molecule has 0 aliphatic carbocycles. The maximum absolute atomic E-state index is 12.8. The number of halogens is 1. The minimum atomic E-state index is 0.0170. The summed E-state index contributed by atoms with van der Waals surface area (Å²) in [5.41, 5.74) is 6.85. The van der Waals surface area contributed by atoms with Gasteiger partial charge in [-0.25, -0.2) is 4.98 Å². The van der Waals surface area contributed by atoms with Crippen LogP contribution < -0.4 is 4.90 Å². The number of carbonyl (C=O) groups is 1. The molecule has 0 fully saturated rings. The largest absolute Gasteiger partial charge is 0.436 e. The van der Waals surface area contributed by atoms with Crippen molar-refractivity contribution in [2.45, 2.75) is 20.4 Å². The highest BCUT2D eigenvalue weighted by Gasteiger charge is 2.28. The summed E-state index contributed by atoms with van der Waals surface area (Å²) < 4.78 is 6.01. The smallest absolute Gasteiger partial charge is 0.258 e. The molecule has 5 rings (SSSR count). The molecule has 0 atom stereocenters. The summed E-state index contributed by atoms with van der Waals surface area (Å²) in [5.74, 6) is 0.538. The molecule has 0 N–H and O–H groups in total. The van der Waals surface area contributed by atoms with Crippen LogP contribution in [0.15, 0.2) is 59.0 Å². The Morgan fingerprint density at radius 1 is 1.04 bits per heavy atom. The quantitative estimate of drug-likeness (QED) is 0.428. The molecular formula is C23H17ClN2O2. The van der Waals surface area contributed by atoms with Gasteiger partial charge in [-0.2, -0.15) is 0 Å². The zero-order chi connectivity index (χ0) is 19.4. The predicted molar refractivity (Wildman–Crippen MR) is 111 cm³/mol. The van der Waals surface area contributed by atoms with Gasteiger partial charge in [-0.1, -0.05) is 35.9 Å². The van der Waals surface area contributed by atoms with Crippen LogP contribution in [0.1, 0.15) is 27.0 Å². The molecule has 2 heterocycles. The number of nitrogens with zero attached hydrogens (tertiary/aromatic N) is 2. The van der Waals surface area contributed by atoms with E-state index in [9.17, 15) is 4.79 Å². The Kier molecular flexibility index (Phi) is 3.78. The van der Waals surface area contributed by atoms with Crippen molar-refractivity contribution in [1.29, 1.82) is 0 Å². The van der Waals surface area contributed by atoms with E-state index in [0.717, 1.165) is 44.6 Å². The van der Waals surface area contributed by atoms with Gasteiger partial charge in [0.2, 0.25) is 5.89 Å². The molecule has 0 unspecified atom stereocenters. The van der Waals surface area contributed by atoms with Crippen LogP contribution in [-0.2, 0) is 6.54 Å². The van der Waals surface area contributed by atoms with Gasteiger partial charge in [0.05, 0.1) is 6.54 Å². The van der Waals surface area contributed by atoms with E-state index < -0.39 is 0 Å². The summed E-state index contributed by atoms with van der Waals surface area (Å²) >= 11 is 6.25. The third kappa shape index (κ3) is 2.60. The van der Waals surface area contributed by atoms with E-state index >= 15 is 0 Å². The van der Waals surface area contributed by atoms with Gasteiger partial charge in [0.25, 0.3) is 5.91 Å². The Bertz CT molecular complexity index is 1260. The number of hydrogen-bond acceptors (Lipinski definition) is 3. The maximum Gasteiger partial charge on any atom is 0.258 e. The molecule has 1 aromatic heterocycles. The van der Waals surface area contributed by atoms with Gasteiger partial charge in [-0.3, -0.25) is 4.79 Å². The fourth-order valence-corrected chi connectivity index (χ4v) is 3.83. The van der Waals surface area contributed by atoms with Crippen molar-refractivity contribution >= 4 is 34.3 Å². The normalized spacial score (nSPS) is 13.4. The highest BCUT2D eigenvalue weighted by Crippen LogP contribution is 2.34. The maximum atomic E-state index is 12.8. The lowest BCUT2D eigenvalue weighted by atomic mass is 10.1. The monoisotopic (exact) mass is 388 g/mol. The molecule has 0 spiro atoms. The van der Waals surface area contributed by atoms with E-state index in [4.69, 9.17) is 16.0 Å². The SMILES string of the molecule is Cc1ccc(-c2nc3cc(N4Cc5ccccc5C4=O)cc(C)c3o2)cc1Cl. The van der Waals surface area contributed by atoms with Crippen molar-refractivity contribution in [2.24, 2.45) is 0 Å². The minimum absolute atomic E-state index is 0.0170. The van der Waals surface area contributed by atoms with E-state index in [2.05, 4.69) is 4.98 Å². The molecule has 0 bridgehead atoms.